The number of carbonyl (C=O) groups excluding carboxylic acids is 1. The number of aromatic nitrogens is 1. The van der Waals surface area contributed by atoms with Gasteiger partial charge in [0.25, 0.3) is 0 Å². The standard InChI is InChI=1S/C18H19ClN2O3S/c1-12-20-14(11-25-12)5-7-18(22)21-16-9-13(19)4-6-17(16)24-10-15-3-2-8-23-15/h4-7,9,11,15H,2-3,8,10H2,1H3,(H,21,22). The molecule has 1 aromatic heterocycles. The molecule has 1 fully saturated rings. The molecule has 1 saturated heterocycles. The van der Waals surface area contributed by atoms with Crippen LogP contribution in [0, 0.1) is 6.92 Å². The highest BCUT2D eigenvalue weighted by Gasteiger charge is 2.17. The Morgan fingerprint density at radius 2 is 2.44 bits per heavy atom. The molecule has 2 aromatic rings. The summed E-state index contributed by atoms with van der Waals surface area (Å²) in [6.45, 7) is 3.16. The van der Waals surface area contributed by atoms with E-state index in [1.54, 1.807) is 24.3 Å². The van der Waals surface area contributed by atoms with Gasteiger partial charge in [-0.2, -0.15) is 0 Å². The molecule has 7 heteroatoms. The zero-order chi connectivity index (χ0) is 17.6. The van der Waals surface area contributed by atoms with Crippen molar-refractivity contribution in [2.45, 2.75) is 25.9 Å². The average Bonchev–Trinajstić information content (AvgIpc) is 3.24. The van der Waals surface area contributed by atoms with E-state index in [4.69, 9.17) is 21.1 Å². The summed E-state index contributed by atoms with van der Waals surface area (Å²) in [6, 6.07) is 5.15. The maximum absolute atomic E-state index is 12.2. The summed E-state index contributed by atoms with van der Waals surface area (Å²) in [5.74, 6) is 0.307. The van der Waals surface area contributed by atoms with Gasteiger partial charge in [-0.15, -0.1) is 11.3 Å². The number of hydrogen-bond acceptors (Lipinski definition) is 5. The second kappa shape index (κ2) is 8.47. The van der Waals surface area contributed by atoms with E-state index in [2.05, 4.69) is 10.3 Å². The zero-order valence-electron chi connectivity index (χ0n) is 13.8. The van der Waals surface area contributed by atoms with Crippen LogP contribution in [0.1, 0.15) is 23.5 Å². The van der Waals surface area contributed by atoms with Gasteiger partial charge in [-0.05, 0) is 44.0 Å². The van der Waals surface area contributed by atoms with Gasteiger partial charge >= 0.3 is 0 Å². The molecule has 0 aliphatic carbocycles. The van der Waals surface area contributed by atoms with Gasteiger partial charge in [-0.25, -0.2) is 4.98 Å². The van der Waals surface area contributed by atoms with Gasteiger partial charge in [-0.1, -0.05) is 11.6 Å². The lowest BCUT2D eigenvalue weighted by Gasteiger charge is -2.15. The van der Waals surface area contributed by atoms with Crippen molar-refractivity contribution >= 4 is 40.6 Å². The summed E-state index contributed by atoms with van der Waals surface area (Å²) in [7, 11) is 0. The quantitative estimate of drug-likeness (QED) is 0.760. The van der Waals surface area contributed by atoms with Crippen LogP contribution in [-0.4, -0.2) is 30.2 Å². The van der Waals surface area contributed by atoms with Crippen LogP contribution < -0.4 is 10.1 Å². The van der Waals surface area contributed by atoms with Gasteiger partial charge in [0, 0.05) is 23.1 Å². The molecule has 3 rings (SSSR count). The van der Waals surface area contributed by atoms with Crippen molar-refractivity contribution in [1.82, 2.24) is 4.98 Å². The third kappa shape index (κ3) is 5.29. The monoisotopic (exact) mass is 378 g/mol. The molecule has 1 unspecified atom stereocenters. The van der Waals surface area contributed by atoms with Crippen LogP contribution in [-0.2, 0) is 9.53 Å². The van der Waals surface area contributed by atoms with Crippen LogP contribution in [0.25, 0.3) is 6.08 Å². The highest BCUT2D eigenvalue weighted by atomic mass is 35.5. The predicted octanol–water partition coefficient (Wildman–Crippen LogP) is 4.31. The number of amides is 1. The minimum atomic E-state index is -0.269. The highest BCUT2D eigenvalue weighted by Crippen LogP contribution is 2.29. The Morgan fingerprint density at radius 1 is 1.56 bits per heavy atom. The number of nitrogens with zero attached hydrogens (tertiary/aromatic N) is 1. The Kier molecular flexibility index (Phi) is 6.07. The van der Waals surface area contributed by atoms with Crippen LogP contribution in [0.5, 0.6) is 5.75 Å². The number of hydrogen-bond donors (Lipinski definition) is 1. The number of ether oxygens (including phenoxy) is 2. The molecule has 1 aliphatic heterocycles. The maximum atomic E-state index is 12.2. The topological polar surface area (TPSA) is 60.5 Å². The summed E-state index contributed by atoms with van der Waals surface area (Å²) in [4.78, 5) is 16.5. The Labute approximate surface area is 155 Å². The molecule has 5 nitrogen and oxygen atoms in total. The minimum Gasteiger partial charge on any atom is -0.489 e. The van der Waals surface area contributed by atoms with Gasteiger partial charge < -0.3 is 14.8 Å². The van der Waals surface area contributed by atoms with Crippen LogP contribution in [0.2, 0.25) is 5.02 Å². The second-order valence-corrected chi connectivity index (χ2v) is 7.20. The molecule has 1 N–H and O–H groups in total. The largest absolute Gasteiger partial charge is 0.489 e. The molecule has 2 heterocycles. The summed E-state index contributed by atoms with van der Waals surface area (Å²) in [5, 5.41) is 6.19. The molecular weight excluding hydrogens is 360 g/mol. The van der Waals surface area contributed by atoms with E-state index in [1.807, 2.05) is 12.3 Å². The lowest BCUT2D eigenvalue weighted by Crippen LogP contribution is -2.17. The molecule has 0 bridgehead atoms. The zero-order valence-corrected chi connectivity index (χ0v) is 15.4. The second-order valence-electron chi connectivity index (χ2n) is 5.70. The molecule has 1 atom stereocenters. The number of halogens is 1. The number of carbonyl (C=O) groups is 1. The Hall–Kier alpha value is -1.89. The normalized spacial score (nSPS) is 17.1. The molecule has 0 spiro atoms. The first-order valence-corrected chi connectivity index (χ1v) is 9.31. The molecule has 0 saturated carbocycles. The van der Waals surface area contributed by atoms with E-state index in [1.165, 1.54) is 17.4 Å². The van der Waals surface area contributed by atoms with Crippen molar-refractivity contribution in [3.63, 3.8) is 0 Å². The van der Waals surface area contributed by atoms with Crippen molar-refractivity contribution in [2.24, 2.45) is 0 Å². The van der Waals surface area contributed by atoms with E-state index < -0.39 is 0 Å². The molecule has 0 radical (unpaired) electrons. The van der Waals surface area contributed by atoms with Crippen LogP contribution in [0.4, 0.5) is 5.69 Å². The molecule has 1 amide bonds. The van der Waals surface area contributed by atoms with Gasteiger partial charge in [0.1, 0.15) is 12.4 Å². The van der Waals surface area contributed by atoms with Crippen LogP contribution in [0.3, 0.4) is 0 Å². The van der Waals surface area contributed by atoms with Crippen molar-refractivity contribution in [3.8, 4) is 5.75 Å². The van der Waals surface area contributed by atoms with E-state index in [9.17, 15) is 4.79 Å². The summed E-state index contributed by atoms with van der Waals surface area (Å²) in [6.07, 6.45) is 5.27. The summed E-state index contributed by atoms with van der Waals surface area (Å²) < 4.78 is 11.4. The SMILES string of the molecule is Cc1nc(C=CC(=O)Nc2cc(Cl)ccc2OCC2CCCO2)cs1. The number of aryl methyl sites for hydroxylation is 1. The smallest absolute Gasteiger partial charge is 0.248 e. The summed E-state index contributed by atoms with van der Waals surface area (Å²) >= 11 is 7.58. The van der Waals surface area contributed by atoms with Gasteiger partial charge in [0.05, 0.1) is 22.5 Å². The first-order chi connectivity index (χ1) is 12.1. The van der Waals surface area contributed by atoms with Crippen LogP contribution in [0.15, 0.2) is 29.7 Å². The van der Waals surface area contributed by atoms with Gasteiger partial charge in [0.2, 0.25) is 5.91 Å². The van der Waals surface area contributed by atoms with E-state index in [0.29, 0.717) is 23.1 Å². The third-order valence-corrected chi connectivity index (χ3v) is 4.72. The first kappa shape index (κ1) is 17.9. The lowest BCUT2D eigenvalue weighted by atomic mass is 10.2. The van der Waals surface area contributed by atoms with Crippen molar-refractivity contribution < 1.29 is 14.3 Å². The molecule has 1 aromatic carbocycles. The van der Waals surface area contributed by atoms with E-state index in [-0.39, 0.29) is 12.0 Å². The fourth-order valence-electron chi connectivity index (χ4n) is 2.48. The lowest BCUT2D eigenvalue weighted by molar-refractivity contribution is -0.111. The highest BCUT2D eigenvalue weighted by molar-refractivity contribution is 7.09. The molecule has 1 aliphatic rings. The van der Waals surface area contributed by atoms with Crippen molar-refractivity contribution in [1.29, 1.82) is 0 Å². The number of thiazole rings is 1. The van der Waals surface area contributed by atoms with Gasteiger partial charge in [-0.3, -0.25) is 4.79 Å². The third-order valence-electron chi connectivity index (χ3n) is 3.69. The molecule has 25 heavy (non-hydrogen) atoms. The average molecular weight is 379 g/mol. The van der Waals surface area contributed by atoms with Gasteiger partial charge in [0.15, 0.2) is 0 Å². The number of anilines is 1. The Bertz CT molecular complexity index is 769. The minimum absolute atomic E-state index is 0.104. The first-order valence-electron chi connectivity index (χ1n) is 8.05. The van der Waals surface area contributed by atoms with E-state index >= 15 is 0 Å². The molecular formula is C18H19ClN2O3S. The van der Waals surface area contributed by atoms with E-state index in [0.717, 1.165) is 30.2 Å². The Morgan fingerprint density at radius 3 is 3.16 bits per heavy atom. The predicted molar refractivity (Wildman–Crippen MR) is 100 cm³/mol. The Balaban J connectivity index is 1.64. The fourth-order valence-corrected chi connectivity index (χ4v) is 3.23. The van der Waals surface area contributed by atoms with Crippen molar-refractivity contribution in [2.75, 3.05) is 18.5 Å². The number of nitrogens with one attached hydrogen (secondary N) is 1. The fraction of sp³-hybridized carbons (Fsp3) is 0.333. The number of benzene rings is 1. The number of rotatable bonds is 6. The van der Waals surface area contributed by atoms with Crippen LogP contribution >= 0.6 is 22.9 Å². The summed E-state index contributed by atoms with van der Waals surface area (Å²) in [5.41, 5.74) is 1.30. The van der Waals surface area contributed by atoms with Crippen molar-refractivity contribution in [3.05, 3.63) is 45.4 Å². The molecule has 132 valence electrons. The maximum Gasteiger partial charge on any atom is 0.248 e.